The van der Waals surface area contributed by atoms with E-state index in [2.05, 4.69) is 5.32 Å². The van der Waals surface area contributed by atoms with Gasteiger partial charge in [0.25, 0.3) is 0 Å². The Balaban J connectivity index is 2.89. The Kier molecular flexibility index (Phi) is 10.9. The van der Waals surface area contributed by atoms with Gasteiger partial charge in [-0.3, -0.25) is 4.79 Å². The lowest BCUT2D eigenvalue weighted by Gasteiger charge is -2.05. The standard InChI is InChI=1S/C9H20N2O4/c1-13-4-5-15-7-6-14-3-2-11-8-9(10)12/h11H,2-8H2,1H3,(H2,10,12). The summed E-state index contributed by atoms with van der Waals surface area (Å²) >= 11 is 0. The predicted octanol–water partition coefficient (Wildman–Crippen LogP) is -1.26. The van der Waals surface area contributed by atoms with Crippen LogP contribution in [0.2, 0.25) is 0 Å². The first kappa shape index (κ1) is 14.3. The van der Waals surface area contributed by atoms with Crippen molar-refractivity contribution < 1.29 is 19.0 Å². The molecule has 0 rings (SSSR count). The van der Waals surface area contributed by atoms with Gasteiger partial charge >= 0.3 is 0 Å². The topological polar surface area (TPSA) is 82.8 Å². The first-order valence-electron chi connectivity index (χ1n) is 4.91. The predicted molar refractivity (Wildman–Crippen MR) is 55.6 cm³/mol. The summed E-state index contributed by atoms with van der Waals surface area (Å²) < 4.78 is 15.2. The van der Waals surface area contributed by atoms with E-state index in [1.165, 1.54) is 0 Å². The van der Waals surface area contributed by atoms with Crippen LogP contribution in [0.25, 0.3) is 0 Å². The van der Waals surface area contributed by atoms with Gasteiger partial charge in [0, 0.05) is 13.7 Å². The quantitative estimate of drug-likeness (QED) is 0.425. The van der Waals surface area contributed by atoms with E-state index in [-0.39, 0.29) is 12.5 Å². The third kappa shape index (κ3) is 13.3. The Hall–Kier alpha value is -0.690. The highest BCUT2D eigenvalue weighted by atomic mass is 16.5. The molecule has 0 aromatic carbocycles. The minimum absolute atomic E-state index is 0.188. The van der Waals surface area contributed by atoms with Crippen LogP contribution in [0.3, 0.4) is 0 Å². The molecule has 0 atom stereocenters. The Morgan fingerprint density at radius 1 is 1.13 bits per heavy atom. The van der Waals surface area contributed by atoms with Gasteiger partial charge in [0.15, 0.2) is 0 Å². The van der Waals surface area contributed by atoms with Crippen LogP contribution in [0, 0.1) is 0 Å². The van der Waals surface area contributed by atoms with Gasteiger partial charge < -0.3 is 25.3 Å². The van der Waals surface area contributed by atoms with Crippen LogP contribution in [0.1, 0.15) is 0 Å². The third-order valence-corrected chi connectivity index (χ3v) is 1.53. The van der Waals surface area contributed by atoms with Gasteiger partial charge in [-0.25, -0.2) is 0 Å². The van der Waals surface area contributed by atoms with Crippen LogP contribution < -0.4 is 11.1 Å². The molecule has 6 heteroatoms. The normalized spacial score (nSPS) is 10.5. The minimum atomic E-state index is -0.363. The fraction of sp³-hybridized carbons (Fsp3) is 0.889. The van der Waals surface area contributed by atoms with E-state index in [4.69, 9.17) is 19.9 Å². The fourth-order valence-electron chi connectivity index (χ4n) is 0.820. The van der Waals surface area contributed by atoms with Crippen molar-refractivity contribution in [2.45, 2.75) is 0 Å². The Morgan fingerprint density at radius 3 is 2.33 bits per heavy atom. The molecule has 0 spiro atoms. The molecule has 6 nitrogen and oxygen atoms in total. The average molecular weight is 220 g/mol. The number of nitrogens with one attached hydrogen (secondary N) is 1. The number of rotatable bonds is 11. The number of ether oxygens (including phenoxy) is 3. The van der Waals surface area contributed by atoms with Gasteiger partial charge in [0.2, 0.25) is 5.91 Å². The molecular formula is C9H20N2O4. The lowest BCUT2D eigenvalue weighted by atomic mass is 10.6. The molecule has 0 radical (unpaired) electrons. The second kappa shape index (κ2) is 11.4. The first-order valence-corrected chi connectivity index (χ1v) is 4.91. The molecule has 0 bridgehead atoms. The van der Waals surface area contributed by atoms with Crippen molar-refractivity contribution in [2.75, 3.05) is 53.2 Å². The molecule has 0 aromatic heterocycles. The molecule has 0 saturated heterocycles. The monoisotopic (exact) mass is 220 g/mol. The van der Waals surface area contributed by atoms with Gasteiger partial charge in [-0.05, 0) is 0 Å². The second-order valence-electron chi connectivity index (χ2n) is 2.86. The Bertz CT molecular complexity index is 155. The van der Waals surface area contributed by atoms with E-state index in [1.54, 1.807) is 7.11 Å². The largest absolute Gasteiger partial charge is 0.382 e. The van der Waals surface area contributed by atoms with Crippen LogP contribution in [-0.4, -0.2) is 59.1 Å². The molecule has 0 saturated carbocycles. The number of nitrogens with two attached hydrogens (primary N) is 1. The number of methoxy groups -OCH3 is 1. The summed E-state index contributed by atoms with van der Waals surface area (Å²) in [5.41, 5.74) is 4.93. The van der Waals surface area contributed by atoms with E-state index in [1.807, 2.05) is 0 Å². The summed E-state index contributed by atoms with van der Waals surface area (Å²) in [6.45, 7) is 3.62. The van der Waals surface area contributed by atoms with E-state index >= 15 is 0 Å². The van der Waals surface area contributed by atoms with Crippen LogP contribution in [0.5, 0.6) is 0 Å². The molecule has 0 aliphatic carbocycles. The molecule has 90 valence electrons. The number of carbonyl (C=O) groups is 1. The zero-order valence-electron chi connectivity index (χ0n) is 9.16. The summed E-state index contributed by atoms with van der Waals surface area (Å²) in [6.07, 6.45) is 0. The van der Waals surface area contributed by atoms with Gasteiger partial charge in [-0.15, -0.1) is 0 Å². The summed E-state index contributed by atoms with van der Waals surface area (Å²) in [5, 5.41) is 2.84. The smallest absolute Gasteiger partial charge is 0.231 e. The van der Waals surface area contributed by atoms with Gasteiger partial charge in [-0.2, -0.15) is 0 Å². The van der Waals surface area contributed by atoms with Crippen LogP contribution >= 0.6 is 0 Å². The Morgan fingerprint density at radius 2 is 1.73 bits per heavy atom. The first-order chi connectivity index (χ1) is 7.27. The zero-order chi connectivity index (χ0) is 11.4. The molecule has 0 heterocycles. The van der Waals surface area contributed by atoms with Gasteiger partial charge in [0.1, 0.15) is 0 Å². The maximum absolute atomic E-state index is 10.3. The van der Waals surface area contributed by atoms with E-state index in [9.17, 15) is 4.79 Å². The van der Waals surface area contributed by atoms with E-state index < -0.39 is 0 Å². The van der Waals surface area contributed by atoms with Crippen molar-refractivity contribution >= 4 is 5.91 Å². The number of primary amides is 1. The molecule has 0 aromatic rings. The molecule has 0 unspecified atom stereocenters. The maximum Gasteiger partial charge on any atom is 0.231 e. The number of hydrogen-bond donors (Lipinski definition) is 2. The number of carbonyl (C=O) groups excluding carboxylic acids is 1. The number of hydrogen-bond acceptors (Lipinski definition) is 5. The SMILES string of the molecule is COCCOCCOCCNCC(N)=O. The van der Waals surface area contributed by atoms with E-state index in [0.29, 0.717) is 39.6 Å². The zero-order valence-corrected chi connectivity index (χ0v) is 9.16. The summed E-state index contributed by atoms with van der Waals surface area (Å²) in [4.78, 5) is 10.3. The van der Waals surface area contributed by atoms with Crippen LogP contribution in [0.4, 0.5) is 0 Å². The fourth-order valence-corrected chi connectivity index (χ4v) is 0.820. The molecule has 0 fully saturated rings. The molecule has 1 amide bonds. The summed E-state index contributed by atoms with van der Waals surface area (Å²) in [6, 6.07) is 0. The van der Waals surface area contributed by atoms with Gasteiger partial charge in [0.05, 0.1) is 39.6 Å². The molecular weight excluding hydrogens is 200 g/mol. The minimum Gasteiger partial charge on any atom is -0.382 e. The average Bonchev–Trinajstić information content (AvgIpc) is 2.20. The summed E-state index contributed by atoms with van der Waals surface area (Å²) in [7, 11) is 1.63. The molecule has 3 N–H and O–H groups in total. The van der Waals surface area contributed by atoms with Crippen LogP contribution in [0.15, 0.2) is 0 Å². The highest BCUT2D eigenvalue weighted by molar-refractivity contribution is 5.75. The Labute approximate surface area is 90.1 Å². The molecule has 0 aliphatic heterocycles. The lowest BCUT2D eigenvalue weighted by Crippen LogP contribution is -2.31. The van der Waals surface area contributed by atoms with Crippen molar-refractivity contribution in [3.63, 3.8) is 0 Å². The second-order valence-corrected chi connectivity index (χ2v) is 2.86. The third-order valence-electron chi connectivity index (χ3n) is 1.53. The van der Waals surface area contributed by atoms with Gasteiger partial charge in [-0.1, -0.05) is 0 Å². The number of amides is 1. The van der Waals surface area contributed by atoms with Crippen molar-refractivity contribution in [1.82, 2.24) is 5.32 Å². The van der Waals surface area contributed by atoms with Crippen LogP contribution in [-0.2, 0) is 19.0 Å². The van der Waals surface area contributed by atoms with Crippen molar-refractivity contribution in [3.8, 4) is 0 Å². The summed E-state index contributed by atoms with van der Waals surface area (Å²) in [5.74, 6) is -0.363. The van der Waals surface area contributed by atoms with Crippen molar-refractivity contribution in [3.05, 3.63) is 0 Å². The molecule has 15 heavy (non-hydrogen) atoms. The van der Waals surface area contributed by atoms with Crippen molar-refractivity contribution in [1.29, 1.82) is 0 Å². The highest BCUT2D eigenvalue weighted by Gasteiger charge is 1.93. The maximum atomic E-state index is 10.3. The highest BCUT2D eigenvalue weighted by Crippen LogP contribution is 1.78. The lowest BCUT2D eigenvalue weighted by molar-refractivity contribution is -0.117. The van der Waals surface area contributed by atoms with E-state index in [0.717, 1.165) is 0 Å². The van der Waals surface area contributed by atoms with Crippen molar-refractivity contribution in [2.24, 2.45) is 5.73 Å². The molecule has 0 aliphatic rings.